The third-order valence-corrected chi connectivity index (χ3v) is 4.55. The van der Waals surface area contributed by atoms with E-state index in [1.165, 1.54) is 0 Å². The number of nitrogens with zero attached hydrogens (tertiary/aromatic N) is 1. The van der Waals surface area contributed by atoms with Crippen LogP contribution in [0.5, 0.6) is 5.75 Å². The summed E-state index contributed by atoms with van der Waals surface area (Å²) in [4.78, 5) is 24.8. The van der Waals surface area contributed by atoms with Crippen LogP contribution in [0.4, 0.5) is 0 Å². The van der Waals surface area contributed by atoms with Gasteiger partial charge in [0.2, 0.25) is 0 Å². The zero-order valence-electron chi connectivity index (χ0n) is 15.8. The number of ether oxygens (including phenoxy) is 1. The lowest BCUT2D eigenvalue weighted by molar-refractivity contribution is -0.112. The fraction of sp³-hybridized carbons (Fsp3) is 0.0870. The first-order valence-corrected chi connectivity index (χ1v) is 9.29. The van der Waals surface area contributed by atoms with Crippen LogP contribution in [0, 0.1) is 6.92 Å². The van der Waals surface area contributed by atoms with Gasteiger partial charge in [0.25, 0.3) is 0 Å². The molecule has 0 saturated heterocycles. The molecule has 5 nitrogen and oxygen atoms in total. The summed E-state index contributed by atoms with van der Waals surface area (Å²) in [6.45, 7) is 1.99. The zero-order valence-corrected chi connectivity index (χ0v) is 16.5. The van der Waals surface area contributed by atoms with E-state index >= 15 is 0 Å². The van der Waals surface area contributed by atoms with Crippen LogP contribution in [0.25, 0.3) is 0 Å². The van der Waals surface area contributed by atoms with Crippen molar-refractivity contribution >= 4 is 29.1 Å². The lowest BCUT2D eigenvalue weighted by Crippen LogP contribution is -2.19. The van der Waals surface area contributed by atoms with Gasteiger partial charge in [0.15, 0.2) is 5.78 Å². The Kier molecular flexibility index (Phi) is 6.42. The highest BCUT2D eigenvalue weighted by Gasteiger charge is 2.15. The number of halogens is 1. The highest BCUT2D eigenvalue weighted by Crippen LogP contribution is 2.17. The number of ketones is 1. The van der Waals surface area contributed by atoms with Gasteiger partial charge in [-0.1, -0.05) is 41.4 Å². The number of carbonyl (C=O) groups is 2. The average Bonchev–Trinajstić information content (AvgIpc) is 2.72. The summed E-state index contributed by atoms with van der Waals surface area (Å²) in [5.74, 6) is 5.11. The van der Waals surface area contributed by atoms with E-state index in [-0.39, 0.29) is 17.9 Å². The molecule has 0 amide bonds. The average molecular weight is 407 g/mol. The van der Waals surface area contributed by atoms with Crippen molar-refractivity contribution in [2.75, 3.05) is 0 Å². The van der Waals surface area contributed by atoms with Crippen molar-refractivity contribution in [2.24, 2.45) is 10.9 Å². The Hall–Kier alpha value is -3.44. The van der Waals surface area contributed by atoms with Crippen molar-refractivity contribution < 1.29 is 14.3 Å². The zero-order chi connectivity index (χ0) is 20.8. The molecule has 0 unspecified atom stereocenters. The quantitative estimate of drug-likeness (QED) is 0.217. The number of rotatable bonds is 6. The predicted octanol–water partition coefficient (Wildman–Crippen LogP) is 4.34. The fourth-order valence-corrected chi connectivity index (χ4v) is 2.84. The molecule has 29 heavy (non-hydrogen) atoms. The minimum Gasteiger partial charge on any atom is -0.423 e. The molecular weight excluding hydrogens is 388 g/mol. The number of hydrogen-bond acceptors (Lipinski definition) is 5. The second-order valence-corrected chi connectivity index (χ2v) is 6.92. The molecule has 0 heterocycles. The molecule has 0 aliphatic heterocycles. The summed E-state index contributed by atoms with van der Waals surface area (Å²) in [6.07, 6.45) is 0.198. The fourth-order valence-electron chi connectivity index (χ4n) is 2.72. The molecule has 3 rings (SSSR count). The first kappa shape index (κ1) is 20.3. The molecule has 0 spiro atoms. The Morgan fingerprint density at radius 3 is 2.07 bits per heavy atom. The van der Waals surface area contributed by atoms with E-state index in [4.69, 9.17) is 22.2 Å². The van der Waals surface area contributed by atoms with Crippen LogP contribution in [-0.2, 0) is 11.2 Å². The topological polar surface area (TPSA) is 81.8 Å². The molecule has 6 heteroatoms. The van der Waals surface area contributed by atoms with Crippen molar-refractivity contribution in [2.45, 2.75) is 13.3 Å². The van der Waals surface area contributed by atoms with Gasteiger partial charge in [-0.25, -0.2) is 4.79 Å². The molecule has 3 aromatic rings. The SMILES string of the molecule is Cc1ccc(CC(=O)/C(=N/N)c2ccc(OC(=O)c3ccc(Cl)cc3)cc2)cc1. The highest BCUT2D eigenvalue weighted by atomic mass is 35.5. The molecule has 0 aliphatic carbocycles. The van der Waals surface area contributed by atoms with E-state index in [0.717, 1.165) is 11.1 Å². The van der Waals surface area contributed by atoms with E-state index in [9.17, 15) is 9.59 Å². The summed E-state index contributed by atoms with van der Waals surface area (Å²) in [5.41, 5.74) is 3.11. The Labute approximate surface area is 173 Å². The van der Waals surface area contributed by atoms with Gasteiger partial charge in [-0.15, -0.1) is 0 Å². The van der Waals surface area contributed by atoms with E-state index in [2.05, 4.69) is 5.10 Å². The second-order valence-electron chi connectivity index (χ2n) is 6.48. The Balaban J connectivity index is 1.68. The number of hydrogen-bond donors (Lipinski definition) is 1. The van der Waals surface area contributed by atoms with Gasteiger partial charge in [0.05, 0.1) is 5.56 Å². The molecule has 0 saturated carbocycles. The van der Waals surface area contributed by atoms with Gasteiger partial charge < -0.3 is 10.6 Å². The van der Waals surface area contributed by atoms with Crippen LogP contribution in [0.15, 0.2) is 77.9 Å². The van der Waals surface area contributed by atoms with Crippen molar-refractivity contribution in [3.05, 3.63) is 100 Å². The van der Waals surface area contributed by atoms with Gasteiger partial charge in [-0.2, -0.15) is 5.10 Å². The first-order valence-electron chi connectivity index (χ1n) is 8.91. The molecule has 0 bridgehead atoms. The van der Waals surface area contributed by atoms with Crippen LogP contribution in [0.2, 0.25) is 5.02 Å². The van der Waals surface area contributed by atoms with Crippen LogP contribution < -0.4 is 10.6 Å². The number of Topliss-reactive ketones (excluding diaryl/α,β-unsaturated/α-hetero) is 1. The van der Waals surface area contributed by atoms with Crippen LogP contribution in [0.1, 0.15) is 27.0 Å². The Bertz CT molecular complexity index is 1040. The largest absolute Gasteiger partial charge is 0.423 e. The molecule has 0 atom stereocenters. The van der Waals surface area contributed by atoms with Crippen LogP contribution in [-0.4, -0.2) is 17.5 Å². The van der Waals surface area contributed by atoms with Gasteiger partial charge in [-0.05, 0) is 61.0 Å². The van der Waals surface area contributed by atoms with Gasteiger partial charge in [-0.3, -0.25) is 4.79 Å². The standard InChI is InChI=1S/C23H19ClN2O3/c1-15-2-4-16(5-3-15)14-21(27)22(26-25)17-8-12-20(13-9-17)29-23(28)18-6-10-19(24)11-7-18/h2-13H,14,25H2,1H3/b26-22+. The van der Waals surface area contributed by atoms with Gasteiger partial charge in [0, 0.05) is 17.0 Å². The number of carbonyl (C=O) groups excluding carboxylic acids is 2. The van der Waals surface area contributed by atoms with E-state index < -0.39 is 5.97 Å². The number of nitrogens with two attached hydrogens (primary N) is 1. The van der Waals surface area contributed by atoms with E-state index in [1.54, 1.807) is 48.5 Å². The maximum absolute atomic E-state index is 12.6. The molecular formula is C23H19ClN2O3. The van der Waals surface area contributed by atoms with Crippen molar-refractivity contribution in [3.63, 3.8) is 0 Å². The minimum absolute atomic E-state index is 0.168. The summed E-state index contributed by atoms with van der Waals surface area (Å²) in [6, 6.07) is 20.6. The van der Waals surface area contributed by atoms with Crippen molar-refractivity contribution in [3.8, 4) is 5.75 Å². The Morgan fingerprint density at radius 2 is 1.48 bits per heavy atom. The Morgan fingerprint density at radius 1 is 0.897 bits per heavy atom. The summed E-state index contributed by atoms with van der Waals surface area (Å²) in [5, 5.41) is 4.20. The van der Waals surface area contributed by atoms with Crippen molar-refractivity contribution in [1.82, 2.24) is 0 Å². The second kappa shape index (κ2) is 9.17. The maximum Gasteiger partial charge on any atom is 0.343 e. The molecule has 0 radical (unpaired) electrons. The molecule has 0 aliphatic rings. The maximum atomic E-state index is 12.6. The molecule has 2 N–H and O–H groups in total. The number of esters is 1. The lowest BCUT2D eigenvalue weighted by atomic mass is 10.00. The summed E-state index contributed by atoms with van der Waals surface area (Å²) >= 11 is 5.82. The molecule has 0 aromatic heterocycles. The number of hydrazone groups is 1. The normalized spacial score (nSPS) is 11.2. The van der Waals surface area contributed by atoms with Gasteiger partial charge >= 0.3 is 5.97 Å². The van der Waals surface area contributed by atoms with E-state index in [0.29, 0.717) is 21.9 Å². The summed E-state index contributed by atoms with van der Waals surface area (Å²) < 4.78 is 5.34. The smallest absolute Gasteiger partial charge is 0.343 e. The van der Waals surface area contributed by atoms with Crippen molar-refractivity contribution in [1.29, 1.82) is 0 Å². The molecule has 3 aromatic carbocycles. The van der Waals surface area contributed by atoms with Crippen LogP contribution >= 0.6 is 11.6 Å². The predicted molar refractivity (Wildman–Crippen MR) is 113 cm³/mol. The molecule has 146 valence electrons. The highest BCUT2D eigenvalue weighted by molar-refractivity contribution is 6.46. The third kappa shape index (κ3) is 5.30. The first-order chi connectivity index (χ1) is 14.0. The monoisotopic (exact) mass is 406 g/mol. The number of benzene rings is 3. The van der Waals surface area contributed by atoms with E-state index in [1.807, 2.05) is 31.2 Å². The molecule has 0 fully saturated rings. The van der Waals surface area contributed by atoms with Crippen LogP contribution in [0.3, 0.4) is 0 Å². The third-order valence-electron chi connectivity index (χ3n) is 4.30. The van der Waals surface area contributed by atoms with Gasteiger partial charge in [0.1, 0.15) is 11.5 Å². The minimum atomic E-state index is -0.502. The summed E-state index contributed by atoms with van der Waals surface area (Å²) in [7, 11) is 0. The lowest BCUT2D eigenvalue weighted by Gasteiger charge is -2.08. The number of aryl methyl sites for hydroxylation is 1.